The number of benzene rings is 1. The van der Waals surface area contributed by atoms with Gasteiger partial charge in [-0.05, 0) is 39.8 Å². The summed E-state index contributed by atoms with van der Waals surface area (Å²) in [6.07, 6.45) is 0. The fraction of sp³-hybridized carbons (Fsp3) is 0.364. The van der Waals surface area contributed by atoms with E-state index in [1.165, 1.54) is 12.1 Å². The number of esters is 3. The zero-order valence-electron chi connectivity index (χ0n) is 18.2. The minimum absolute atomic E-state index is 0.0554. The van der Waals surface area contributed by atoms with Gasteiger partial charge in [-0.2, -0.15) is 0 Å². The number of pyridine rings is 1. The van der Waals surface area contributed by atoms with Gasteiger partial charge in [0.25, 0.3) is 0 Å². The van der Waals surface area contributed by atoms with Crippen LogP contribution >= 0.6 is 11.6 Å². The van der Waals surface area contributed by atoms with Crippen LogP contribution < -0.4 is 4.74 Å². The second-order valence-corrected chi connectivity index (χ2v) is 6.87. The lowest BCUT2D eigenvalue weighted by molar-refractivity contribution is 0.0508. The first kappa shape index (κ1) is 23.3. The van der Waals surface area contributed by atoms with Gasteiger partial charge < -0.3 is 23.9 Å². The largest absolute Gasteiger partial charge is 0.490 e. The molecule has 0 atom stereocenters. The molecule has 0 bridgehead atoms. The highest BCUT2D eigenvalue weighted by Gasteiger charge is 2.27. The number of H-pyrrole nitrogens is 1. The first-order valence-electron chi connectivity index (χ1n) is 10.2. The Morgan fingerprint density at radius 3 is 2.16 bits per heavy atom. The number of aromatic amines is 1. The van der Waals surface area contributed by atoms with Crippen molar-refractivity contribution < 1.29 is 33.3 Å². The molecule has 170 valence electrons. The molecule has 0 amide bonds. The summed E-state index contributed by atoms with van der Waals surface area (Å²) in [6.45, 7) is 7.45. The number of halogens is 1. The van der Waals surface area contributed by atoms with Gasteiger partial charge in [-0.3, -0.25) is 0 Å². The Kier molecular flexibility index (Phi) is 7.19. The number of hydrogen-bond acceptors (Lipinski definition) is 8. The number of hydrogen-bond donors (Lipinski definition) is 1. The molecule has 0 fully saturated rings. The van der Waals surface area contributed by atoms with Gasteiger partial charge in [0.2, 0.25) is 0 Å². The van der Waals surface area contributed by atoms with E-state index in [-0.39, 0.29) is 59.7 Å². The summed E-state index contributed by atoms with van der Waals surface area (Å²) in [7, 11) is 0. The molecule has 0 saturated heterocycles. The van der Waals surface area contributed by atoms with Crippen LogP contribution in [0.1, 0.15) is 59.0 Å². The fourth-order valence-electron chi connectivity index (χ4n) is 3.29. The van der Waals surface area contributed by atoms with Crippen molar-refractivity contribution in [2.24, 2.45) is 0 Å². The van der Waals surface area contributed by atoms with Crippen molar-refractivity contribution in [3.8, 4) is 5.75 Å². The lowest BCUT2D eigenvalue weighted by Crippen LogP contribution is -2.13. The maximum atomic E-state index is 12.9. The topological polar surface area (TPSA) is 117 Å². The van der Waals surface area contributed by atoms with E-state index in [1.54, 1.807) is 27.7 Å². The predicted molar refractivity (Wildman–Crippen MR) is 118 cm³/mol. The molecule has 0 aliphatic rings. The van der Waals surface area contributed by atoms with E-state index in [4.69, 9.17) is 30.5 Å². The summed E-state index contributed by atoms with van der Waals surface area (Å²) in [6, 6.07) is 2.82. The third kappa shape index (κ3) is 4.20. The molecule has 0 unspecified atom stereocenters. The fourth-order valence-corrected chi connectivity index (χ4v) is 3.58. The second-order valence-electron chi connectivity index (χ2n) is 6.49. The molecule has 1 aromatic carbocycles. The van der Waals surface area contributed by atoms with Gasteiger partial charge in [-0.1, -0.05) is 11.6 Å². The van der Waals surface area contributed by atoms with Crippen molar-refractivity contribution >= 4 is 51.3 Å². The standard InChI is InChI=1S/C22H23ClN2O7/c1-5-29-19-16(23)12-10-14(22(28)32-8-4)24-17(12)15-11(20(26)30-6-2)9-13(25-18(15)19)21(27)31-7-3/h9-10,24H,5-8H2,1-4H3. The smallest absolute Gasteiger partial charge is 0.356 e. The minimum atomic E-state index is -0.711. The number of aromatic nitrogens is 2. The Hall–Kier alpha value is -3.33. The summed E-state index contributed by atoms with van der Waals surface area (Å²) in [5.74, 6) is -1.80. The predicted octanol–water partition coefficient (Wildman–Crippen LogP) is 4.30. The van der Waals surface area contributed by atoms with Crippen molar-refractivity contribution in [3.05, 3.63) is 34.1 Å². The van der Waals surface area contributed by atoms with E-state index in [0.717, 1.165) is 0 Å². The summed E-state index contributed by atoms with van der Waals surface area (Å²) >= 11 is 6.61. The molecule has 0 spiro atoms. The Bertz CT molecular complexity index is 1200. The minimum Gasteiger partial charge on any atom is -0.490 e. The molecule has 32 heavy (non-hydrogen) atoms. The lowest BCUT2D eigenvalue weighted by Gasteiger charge is -2.14. The van der Waals surface area contributed by atoms with Crippen LogP contribution in [0.3, 0.4) is 0 Å². The number of nitrogens with one attached hydrogen (secondary N) is 1. The van der Waals surface area contributed by atoms with E-state index in [9.17, 15) is 14.4 Å². The zero-order chi connectivity index (χ0) is 23.4. The van der Waals surface area contributed by atoms with Gasteiger partial charge in [0, 0.05) is 10.8 Å². The van der Waals surface area contributed by atoms with Crippen LogP contribution in [0.5, 0.6) is 5.75 Å². The quantitative estimate of drug-likeness (QED) is 0.389. The van der Waals surface area contributed by atoms with Crippen molar-refractivity contribution in [3.63, 3.8) is 0 Å². The highest BCUT2D eigenvalue weighted by molar-refractivity contribution is 6.40. The first-order chi connectivity index (χ1) is 15.4. The summed E-state index contributed by atoms with van der Waals surface area (Å²) < 4.78 is 21.1. The molecule has 10 heteroatoms. The molecular weight excluding hydrogens is 440 g/mol. The SMILES string of the molecule is CCOC(=O)c1cc(C(=O)OCC)c2c(n1)c(OCC)c(Cl)c1cc(C(=O)OCC)[nH]c12. The third-order valence-corrected chi connectivity index (χ3v) is 4.88. The van der Waals surface area contributed by atoms with Gasteiger partial charge in [0.1, 0.15) is 16.9 Å². The van der Waals surface area contributed by atoms with Crippen LogP contribution in [0.4, 0.5) is 0 Å². The van der Waals surface area contributed by atoms with Crippen molar-refractivity contribution in [1.29, 1.82) is 0 Å². The first-order valence-corrected chi connectivity index (χ1v) is 10.6. The van der Waals surface area contributed by atoms with Crippen molar-refractivity contribution in [2.45, 2.75) is 27.7 Å². The van der Waals surface area contributed by atoms with E-state index in [1.807, 2.05) is 0 Å². The number of rotatable bonds is 8. The van der Waals surface area contributed by atoms with E-state index >= 15 is 0 Å². The molecule has 0 saturated carbocycles. The second kappa shape index (κ2) is 9.86. The molecule has 0 radical (unpaired) electrons. The Labute approximate surface area is 188 Å². The summed E-state index contributed by atoms with van der Waals surface area (Å²) in [5.41, 5.74) is 0.622. The molecular formula is C22H23ClN2O7. The number of nitrogens with zero attached hydrogens (tertiary/aromatic N) is 1. The lowest BCUT2D eigenvalue weighted by atomic mass is 10.0. The van der Waals surface area contributed by atoms with E-state index in [0.29, 0.717) is 16.3 Å². The molecule has 3 aromatic rings. The summed E-state index contributed by atoms with van der Waals surface area (Å²) in [5, 5.41) is 0.904. The van der Waals surface area contributed by atoms with Crippen LogP contribution in [0.2, 0.25) is 5.02 Å². The van der Waals surface area contributed by atoms with Gasteiger partial charge >= 0.3 is 17.9 Å². The molecule has 0 aliphatic heterocycles. The van der Waals surface area contributed by atoms with Crippen LogP contribution in [-0.2, 0) is 14.2 Å². The molecule has 9 nitrogen and oxygen atoms in total. The maximum Gasteiger partial charge on any atom is 0.356 e. The highest BCUT2D eigenvalue weighted by atomic mass is 35.5. The third-order valence-electron chi connectivity index (χ3n) is 4.50. The molecule has 2 heterocycles. The molecule has 3 rings (SSSR count). The van der Waals surface area contributed by atoms with Crippen molar-refractivity contribution in [2.75, 3.05) is 26.4 Å². The number of carbonyl (C=O) groups is 3. The van der Waals surface area contributed by atoms with E-state index in [2.05, 4.69) is 9.97 Å². The normalized spacial score (nSPS) is 10.9. The molecule has 0 aliphatic carbocycles. The molecule has 1 N–H and O–H groups in total. The van der Waals surface area contributed by atoms with E-state index < -0.39 is 17.9 Å². The average Bonchev–Trinajstić information content (AvgIpc) is 3.22. The van der Waals surface area contributed by atoms with Gasteiger partial charge in [-0.15, -0.1) is 0 Å². The van der Waals surface area contributed by atoms with Crippen LogP contribution in [-0.4, -0.2) is 54.3 Å². The van der Waals surface area contributed by atoms with Gasteiger partial charge in [0.05, 0.1) is 42.5 Å². The molecule has 2 aromatic heterocycles. The number of fused-ring (bicyclic) bond motifs is 3. The zero-order valence-corrected chi connectivity index (χ0v) is 18.9. The Morgan fingerprint density at radius 1 is 0.906 bits per heavy atom. The van der Waals surface area contributed by atoms with Crippen LogP contribution in [0.25, 0.3) is 21.8 Å². The van der Waals surface area contributed by atoms with Gasteiger partial charge in [-0.25, -0.2) is 19.4 Å². The average molecular weight is 463 g/mol. The maximum absolute atomic E-state index is 12.9. The van der Waals surface area contributed by atoms with Gasteiger partial charge in [0.15, 0.2) is 5.75 Å². The van der Waals surface area contributed by atoms with Crippen LogP contribution in [0, 0.1) is 0 Å². The monoisotopic (exact) mass is 462 g/mol. The Morgan fingerprint density at radius 2 is 1.53 bits per heavy atom. The van der Waals surface area contributed by atoms with Crippen LogP contribution in [0.15, 0.2) is 12.1 Å². The van der Waals surface area contributed by atoms with Crippen molar-refractivity contribution in [1.82, 2.24) is 9.97 Å². The summed E-state index contributed by atoms with van der Waals surface area (Å²) in [4.78, 5) is 44.9. The highest BCUT2D eigenvalue weighted by Crippen LogP contribution is 2.42. The Balaban J connectivity index is 2.46. The number of carbonyl (C=O) groups excluding carboxylic acids is 3. The number of ether oxygens (including phenoxy) is 4.